The minimum atomic E-state index is -1.10. The second kappa shape index (κ2) is 16.1. The van der Waals surface area contributed by atoms with Crippen LogP contribution in [0.4, 0.5) is 0 Å². The molecule has 15 N–H and O–H groups in total. The first-order valence-corrected chi connectivity index (χ1v) is 12.0. The van der Waals surface area contributed by atoms with Gasteiger partial charge in [-0.2, -0.15) is 0 Å². The van der Waals surface area contributed by atoms with Crippen LogP contribution in [0.25, 0.3) is 0 Å². The number of carboxylic acids is 3. The van der Waals surface area contributed by atoms with Crippen molar-refractivity contribution in [2.45, 2.75) is 37.4 Å². The van der Waals surface area contributed by atoms with Gasteiger partial charge in [0.05, 0.1) is 0 Å². The van der Waals surface area contributed by atoms with Crippen LogP contribution in [0.15, 0.2) is 54.6 Å². The quantitative estimate of drug-likeness (QED) is 0.147. The predicted octanol–water partition coefficient (Wildman–Crippen LogP) is 0.157. The summed E-state index contributed by atoms with van der Waals surface area (Å²) < 4.78 is 0. The second-order valence-corrected chi connectivity index (χ2v) is 8.92. The van der Waals surface area contributed by atoms with Crippen molar-refractivity contribution in [2.24, 2.45) is 17.2 Å². The molecule has 0 radical (unpaired) electrons. The highest BCUT2D eigenvalue weighted by atomic mass is 16.4. The monoisotopic (exact) mass is 591 g/mol. The molecule has 0 spiro atoms. The van der Waals surface area contributed by atoms with Gasteiger partial charge in [0.2, 0.25) is 0 Å². The first-order valence-electron chi connectivity index (χ1n) is 12.0. The molecule has 0 saturated heterocycles. The van der Waals surface area contributed by atoms with Crippen LogP contribution >= 0.6 is 0 Å². The molecule has 0 heterocycles. The van der Waals surface area contributed by atoms with Gasteiger partial charge in [0.25, 0.3) is 0 Å². The average molecular weight is 592 g/mol. The molecule has 15 nitrogen and oxygen atoms in total. The Bertz CT molecular complexity index is 1220. The summed E-state index contributed by atoms with van der Waals surface area (Å²) in [6, 6.07) is 9.27. The Kier molecular flexibility index (Phi) is 13.3. The number of benzene rings is 3. The van der Waals surface area contributed by atoms with Crippen molar-refractivity contribution < 1.29 is 60.3 Å². The van der Waals surface area contributed by atoms with Crippen LogP contribution in [-0.4, -0.2) is 82.0 Å². The Balaban J connectivity index is 0.000000315. The molecule has 3 aromatic rings. The molecule has 0 aromatic heterocycles. The van der Waals surface area contributed by atoms with Gasteiger partial charge >= 0.3 is 17.9 Å². The molecular weight excluding hydrogens is 558 g/mol. The average Bonchev–Trinajstić information content (AvgIpc) is 2.91. The summed E-state index contributed by atoms with van der Waals surface area (Å²) in [5, 5.41) is 79.9. The summed E-state index contributed by atoms with van der Waals surface area (Å²) in [6.07, 6.45) is 0.343. The number of rotatable bonds is 9. The van der Waals surface area contributed by atoms with Crippen LogP contribution in [0, 0.1) is 0 Å². The van der Waals surface area contributed by atoms with Crippen molar-refractivity contribution in [1.29, 1.82) is 0 Å². The summed E-state index contributed by atoms with van der Waals surface area (Å²) in [4.78, 5) is 31.3. The lowest BCUT2D eigenvalue weighted by Gasteiger charge is -2.06. The fourth-order valence-electron chi connectivity index (χ4n) is 3.11. The zero-order valence-electron chi connectivity index (χ0n) is 22.0. The van der Waals surface area contributed by atoms with Gasteiger partial charge in [0.1, 0.15) is 18.1 Å². The fraction of sp³-hybridized carbons (Fsp3) is 0.222. The van der Waals surface area contributed by atoms with Crippen molar-refractivity contribution in [3.8, 4) is 34.5 Å². The van der Waals surface area contributed by atoms with Gasteiger partial charge in [0, 0.05) is 0 Å². The van der Waals surface area contributed by atoms with E-state index >= 15 is 0 Å². The molecule has 0 amide bonds. The van der Waals surface area contributed by atoms with Crippen LogP contribution < -0.4 is 17.2 Å². The molecule has 3 aromatic carbocycles. The van der Waals surface area contributed by atoms with E-state index in [4.69, 9.17) is 63.2 Å². The van der Waals surface area contributed by atoms with Crippen LogP contribution in [-0.2, 0) is 33.6 Å². The smallest absolute Gasteiger partial charge is 0.320 e. The minimum Gasteiger partial charge on any atom is -0.504 e. The zero-order valence-corrected chi connectivity index (χ0v) is 22.0. The van der Waals surface area contributed by atoms with E-state index < -0.39 is 36.0 Å². The number of nitrogens with two attached hydrogens (primary N) is 3. The highest BCUT2D eigenvalue weighted by molar-refractivity contribution is 5.74. The molecule has 3 atom stereocenters. The highest BCUT2D eigenvalue weighted by Crippen LogP contribution is 2.27. The van der Waals surface area contributed by atoms with Gasteiger partial charge in [-0.05, 0) is 72.4 Å². The fourth-order valence-corrected chi connectivity index (χ4v) is 3.11. The second-order valence-electron chi connectivity index (χ2n) is 8.92. The molecular formula is C27H33N3O12. The van der Waals surface area contributed by atoms with Crippen LogP contribution in [0.1, 0.15) is 16.7 Å². The number of phenolic OH excluding ortho intramolecular Hbond substituents is 6. The zero-order chi connectivity index (χ0) is 32.1. The summed E-state index contributed by atoms with van der Waals surface area (Å²) in [7, 11) is 0. The summed E-state index contributed by atoms with van der Waals surface area (Å²) in [6.45, 7) is 0. The Morgan fingerprint density at radius 2 is 0.667 bits per heavy atom. The lowest BCUT2D eigenvalue weighted by Crippen LogP contribution is -2.32. The first kappa shape index (κ1) is 34.8. The Morgan fingerprint density at radius 1 is 0.452 bits per heavy atom. The third-order valence-corrected chi connectivity index (χ3v) is 5.44. The Labute approximate surface area is 238 Å². The normalized spacial score (nSPS) is 12.4. The molecule has 0 aliphatic heterocycles. The maximum absolute atomic E-state index is 10.4. The van der Waals surface area contributed by atoms with E-state index in [1.54, 1.807) is 0 Å². The molecule has 3 rings (SSSR count). The van der Waals surface area contributed by atoms with E-state index in [2.05, 4.69) is 0 Å². The van der Waals surface area contributed by atoms with Crippen molar-refractivity contribution in [3.63, 3.8) is 0 Å². The lowest BCUT2D eigenvalue weighted by atomic mass is 10.1. The number of carbonyl (C=O) groups is 3. The molecule has 0 aliphatic carbocycles. The lowest BCUT2D eigenvalue weighted by molar-refractivity contribution is -0.139. The largest absolute Gasteiger partial charge is 0.504 e. The van der Waals surface area contributed by atoms with E-state index in [0.29, 0.717) is 16.7 Å². The summed E-state index contributed by atoms with van der Waals surface area (Å²) in [5.74, 6) is -4.85. The van der Waals surface area contributed by atoms with Gasteiger partial charge in [0.15, 0.2) is 34.5 Å². The number of aromatic hydroxyl groups is 6. The maximum atomic E-state index is 10.4. The van der Waals surface area contributed by atoms with E-state index in [1.807, 2.05) is 0 Å². The van der Waals surface area contributed by atoms with Gasteiger partial charge in [-0.15, -0.1) is 0 Å². The third kappa shape index (κ3) is 11.9. The Hall–Kier alpha value is -5.25. The van der Waals surface area contributed by atoms with Crippen LogP contribution in [0.5, 0.6) is 34.5 Å². The van der Waals surface area contributed by atoms with E-state index in [1.165, 1.54) is 54.6 Å². The molecule has 15 heteroatoms. The van der Waals surface area contributed by atoms with Gasteiger partial charge in [-0.25, -0.2) is 0 Å². The van der Waals surface area contributed by atoms with Crippen molar-refractivity contribution >= 4 is 17.9 Å². The van der Waals surface area contributed by atoms with Crippen LogP contribution in [0.3, 0.4) is 0 Å². The van der Waals surface area contributed by atoms with Crippen molar-refractivity contribution in [2.75, 3.05) is 0 Å². The minimum absolute atomic E-state index is 0.114. The molecule has 0 bridgehead atoms. The molecule has 0 fully saturated rings. The molecule has 42 heavy (non-hydrogen) atoms. The van der Waals surface area contributed by atoms with E-state index in [0.717, 1.165) is 0 Å². The van der Waals surface area contributed by atoms with Gasteiger partial charge in [-0.3, -0.25) is 14.4 Å². The highest BCUT2D eigenvalue weighted by Gasteiger charge is 2.14. The van der Waals surface area contributed by atoms with Crippen molar-refractivity contribution in [3.05, 3.63) is 71.3 Å². The number of carboxylic acid groups (broad SMARTS) is 3. The number of phenols is 6. The third-order valence-electron chi connectivity index (χ3n) is 5.44. The van der Waals surface area contributed by atoms with Crippen molar-refractivity contribution in [1.82, 2.24) is 0 Å². The molecule has 0 unspecified atom stereocenters. The topological polar surface area (TPSA) is 311 Å². The first-order chi connectivity index (χ1) is 19.5. The number of hydrogen-bond acceptors (Lipinski definition) is 12. The van der Waals surface area contributed by atoms with E-state index in [9.17, 15) is 14.4 Å². The maximum Gasteiger partial charge on any atom is 0.320 e. The predicted molar refractivity (Wildman–Crippen MR) is 147 cm³/mol. The van der Waals surface area contributed by atoms with Gasteiger partial charge < -0.3 is 63.2 Å². The molecule has 0 saturated carbocycles. The summed E-state index contributed by atoms with van der Waals surface area (Å²) in [5.41, 5.74) is 17.6. The van der Waals surface area contributed by atoms with E-state index in [-0.39, 0.29) is 53.8 Å². The number of aliphatic carboxylic acids is 3. The molecule has 0 aliphatic rings. The molecule has 228 valence electrons. The standard InChI is InChI=1S/3C9H11NO4/c3*10-6(9(13)14)3-5-1-2-7(11)8(12)4-5/h3*1-2,4,6,11-12H,3,10H2,(H,13,14)/t3*6-/m100/s1. The SMILES string of the molecule is N[C@@H](Cc1ccc(O)c(O)c1)C(=O)O.N[C@@H](Cc1ccc(O)c(O)c1)C(=O)O.N[C@H](Cc1ccc(O)c(O)c1)C(=O)O. The van der Waals surface area contributed by atoms with Gasteiger partial charge in [-0.1, -0.05) is 18.2 Å². The Morgan fingerprint density at radius 3 is 0.833 bits per heavy atom. The van der Waals surface area contributed by atoms with Crippen LogP contribution in [0.2, 0.25) is 0 Å². The summed E-state index contributed by atoms with van der Waals surface area (Å²) >= 11 is 0. The number of hydrogen-bond donors (Lipinski definition) is 12.